The van der Waals surface area contributed by atoms with Crippen molar-refractivity contribution in [3.05, 3.63) is 11.6 Å². The van der Waals surface area contributed by atoms with Gasteiger partial charge in [0.05, 0.1) is 6.61 Å². The van der Waals surface area contributed by atoms with Crippen molar-refractivity contribution in [2.45, 2.75) is 32.7 Å². The van der Waals surface area contributed by atoms with E-state index in [9.17, 15) is 4.79 Å². The maximum atomic E-state index is 10.7. The molecule has 88 valence electrons. The summed E-state index contributed by atoms with van der Waals surface area (Å²) in [5.41, 5.74) is 0.304. The highest BCUT2D eigenvalue weighted by Crippen LogP contribution is 2.03. The van der Waals surface area contributed by atoms with Crippen molar-refractivity contribution < 1.29 is 14.6 Å². The lowest BCUT2D eigenvalue weighted by Gasteiger charge is -2.24. The number of hydrogen-bond donors (Lipinski definition) is 2. The molecule has 2 N–H and O–H groups in total. The Hall–Kier alpha value is -0.870. The molecule has 0 heterocycles. The van der Waals surface area contributed by atoms with Crippen LogP contribution in [0.15, 0.2) is 11.6 Å². The number of hydrogen-bond acceptors (Lipinski definition) is 3. The zero-order chi connectivity index (χ0) is 11.9. The number of carboxylic acid groups (broad SMARTS) is 1. The van der Waals surface area contributed by atoms with Crippen LogP contribution >= 0.6 is 0 Å². The Balaban J connectivity index is 4.10. The van der Waals surface area contributed by atoms with E-state index in [1.807, 2.05) is 20.8 Å². The first-order valence-corrected chi connectivity index (χ1v) is 5.09. The van der Waals surface area contributed by atoms with Crippen molar-refractivity contribution in [2.24, 2.45) is 0 Å². The van der Waals surface area contributed by atoms with Crippen LogP contribution in [0.2, 0.25) is 0 Å². The minimum atomic E-state index is -0.844. The fourth-order valence-electron chi connectivity index (χ4n) is 1.25. The fourth-order valence-corrected chi connectivity index (χ4v) is 1.25. The maximum absolute atomic E-state index is 10.7. The van der Waals surface area contributed by atoms with E-state index in [0.29, 0.717) is 25.1 Å². The highest BCUT2D eigenvalue weighted by atomic mass is 16.5. The first kappa shape index (κ1) is 14.1. The topological polar surface area (TPSA) is 58.6 Å². The molecule has 4 nitrogen and oxygen atoms in total. The Kier molecular flexibility index (Phi) is 6.20. The summed E-state index contributed by atoms with van der Waals surface area (Å²) in [5.74, 6) is -0.844. The summed E-state index contributed by atoms with van der Waals surface area (Å²) in [5, 5.41) is 12.0. The third-order valence-electron chi connectivity index (χ3n) is 2.09. The normalized spacial score (nSPS) is 12.9. The first-order chi connectivity index (χ1) is 6.93. The molecule has 0 aliphatic heterocycles. The van der Waals surface area contributed by atoms with Crippen LogP contribution in [0.5, 0.6) is 0 Å². The monoisotopic (exact) mass is 215 g/mol. The SMILES string of the molecule is CCC(=CCNC(C)(C)COC)C(=O)O. The molecule has 0 aromatic rings. The number of ether oxygens (including phenoxy) is 1. The van der Waals surface area contributed by atoms with E-state index in [1.165, 1.54) is 0 Å². The Morgan fingerprint density at radius 1 is 1.53 bits per heavy atom. The first-order valence-electron chi connectivity index (χ1n) is 5.09. The predicted molar refractivity (Wildman–Crippen MR) is 60.0 cm³/mol. The Bertz CT molecular complexity index is 234. The lowest BCUT2D eigenvalue weighted by atomic mass is 10.1. The van der Waals surface area contributed by atoms with E-state index < -0.39 is 5.97 Å². The largest absolute Gasteiger partial charge is 0.478 e. The van der Waals surface area contributed by atoms with Crippen molar-refractivity contribution in [2.75, 3.05) is 20.3 Å². The Morgan fingerprint density at radius 3 is 2.53 bits per heavy atom. The molecule has 0 aromatic carbocycles. The second-order valence-electron chi connectivity index (χ2n) is 4.09. The number of carbonyl (C=O) groups is 1. The fraction of sp³-hybridized carbons (Fsp3) is 0.727. The van der Waals surface area contributed by atoms with Gasteiger partial charge in [0.2, 0.25) is 0 Å². The van der Waals surface area contributed by atoms with Crippen LogP contribution in [0.25, 0.3) is 0 Å². The molecule has 0 saturated heterocycles. The van der Waals surface area contributed by atoms with Gasteiger partial charge >= 0.3 is 5.97 Å². The van der Waals surface area contributed by atoms with Crippen LogP contribution < -0.4 is 5.32 Å². The van der Waals surface area contributed by atoms with Gasteiger partial charge in [0, 0.05) is 24.8 Å². The average molecular weight is 215 g/mol. The standard InChI is InChI=1S/C11H21NO3/c1-5-9(10(13)14)6-7-12-11(2,3)8-15-4/h6,12H,5,7-8H2,1-4H3,(H,13,14). The molecule has 0 aromatic heterocycles. The van der Waals surface area contributed by atoms with Gasteiger partial charge < -0.3 is 15.2 Å². The number of rotatable bonds is 7. The molecule has 0 rings (SSSR count). The minimum Gasteiger partial charge on any atom is -0.478 e. The van der Waals surface area contributed by atoms with Gasteiger partial charge in [-0.2, -0.15) is 0 Å². The molecule has 0 saturated carbocycles. The van der Waals surface area contributed by atoms with Gasteiger partial charge in [-0.1, -0.05) is 13.0 Å². The highest BCUT2D eigenvalue weighted by molar-refractivity contribution is 5.86. The number of nitrogens with one attached hydrogen (secondary N) is 1. The van der Waals surface area contributed by atoms with Gasteiger partial charge in [0.25, 0.3) is 0 Å². The predicted octanol–water partition coefficient (Wildman–Crippen LogP) is 1.42. The van der Waals surface area contributed by atoms with Crippen LogP contribution in [0.3, 0.4) is 0 Å². The lowest BCUT2D eigenvalue weighted by Crippen LogP contribution is -2.43. The smallest absolute Gasteiger partial charge is 0.331 e. The molecule has 0 amide bonds. The summed E-state index contributed by atoms with van der Waals surface area (Å²) in [6.07, 6.45) is 2.25. The zero-order valence-electron chi connectivity index (χ0n) is 9.96. The average Bonchev–Trinajstić information content (AvgIpc) is 2.11. The molecule has 15 heavy (non-hydrogen) atoms. The van der Waals surface area contributed by atoms with E-state index in [4.69, 9.17) is 9.84 Å². The molecule has 0 radical (unpaired) electrons. The molecule has 4 heteroatoms. The van der Waals surface area contributed by atoms with Crippen LogP contribution in [-0.4, -0.2) is 36.9 Å². The van der Waals surface area contributed by atoms with E-state index >= 15 is 0 Å². The lowest BCUT2D eigenvalue weighted by molar-refractivity contribution is -0.132. The van der Waals surface area contributed by atoms with Crippen molar-refractivity contribution in [1.82, 2.24) is 5.32 Å². The van der Waals surface area contributed by atoms with Gasteiger partial charge in [-0.15, -0.1) is 0 Å². The molecule has 0 fully saturated rings. The third kappa shape index (κ3) is 6.25. The van der Waals surface area contributed by atoms with E-state index in [-0.39, 0.29) is 5.54 Å². The molecule has 0 spiro atoms. The molecule has 0 aliphatic rings. The third-order valence-corrected chi connectivity index (χ3v) is 2.09. The second-order valence-corrected chi connectivity index (χ2v) is 4.09. The van der Waals surface area contributed by atoms with Crippen molar-refractivity contribution in [3.8, 4) is 0 Å². The van der Waals surface area contributed by atoms with E-state index in [0.717, 1.165) is 0 Å². The van der Waals surface area contributed by atoms with Crippen molar-refractivity contribution in [1.29, 1.82) is 0 Å². The number of methoxy groups -OCH3 is 1. The van der Waals surface area contributed by atoms with Crippen molar-refractivity contribution in [3.63, 3.8) is 0 Å². The molecule has 0 aliphatic carbocycles. The highest BCUT2D eigenvalue weighted by Gasteiger charge is 2.15. The van der Waals surface area contributed by atoms with Crippen LogP contribution in [-0.2, 0) is 9.53 Å². The minimum absolute atomic E-state index is 0.136. The summed E-state index contributed by atoms with van der Waals surface area (Å²) in [6, 6.07) is 0. The zero-order valence-corrected chi connectivity index (χ0v) is 9.96. The Labute approximate surface area is 91.3 Å². The van der Waals surface area contributed by atoms with E-state index in [2.05, 4.69) is 5.32 Å². The Morgan fingerprint density at radius 2 is 2.13 bits per heavy atom. The quantitative estimate of drug-likeness (QED) is 0.631. The summed E-state index contributed by atoms with van der Waals surface area (Å²) < 4.78 is 5.04. The van der Waals surface area contributed by atoms with Crippen LogP contribution in [0, 0.1) is 0 Å². The van der Waals surface area contributed by atoms with Crippen LogP contribution in [0.1, 0.15) is 27.2 Å². The van der Waals surface area contributed by atoms with Crippen LogP contribution in [0.4, 0.5) is 0 Å². The van der Waals surface area contributed by atoms with Gasteiger partial charge in [-0.25, -0.2) is 4.79 Å². The second kappa shape index (κ2) is 6.58. The summed E-state index contributed by atoms with van der Waals surface area (Å²) >= 11 is 0. The van der Waals surface area contributed by atoms with Gasteiger partial charge in [-0.3, -0.25) is 0 Å². The molecular formula is C11H21NO3. The van der Waals surface area contributed by atoms with Gasteiger partial charge in [0.1, 0.15) is 0 Å². The molecule has 0 bridgehead atoms. The molecule has 0 unspecified atom stereocenters. The summed E-state index contributed by atoms with van der Waals surface area (Å²) in [4.78, 5) is 10.7. The number of carboxylic acids is 1. The molecular weight excluding hydrogens is 194 g/mol. The van der Waals surface area contributed by atoms with E-state index in [1.54, 1.807) is 13.2 Å². The summed E-state index contributed by atoms with van der Waals surface area (Å²) in [7, 11) is 1.65. The maximum Gasteiger partial charge on any atom is 0.331 e. The van der Waals surface area contributed by atoms with Gasteiger partial charge in [0.15, 0.2) is 0 Å². The summed E-state index contributed by atoms with van der Waals surface area (Å²) in [6.45, 7) is 6.99. The number of aliphatic carboxylic acids is 1. The van der Waals surface area contributed by atoms with Crippen molar-refractivity contribution >= 4 is 5.97 Å². The van der Waals surface area contributed by atoms with Gasteiger partial charge in [-0.05, 0) is 20.3 Å². The molecule has 0 atom stereocenters.